The molecule has 0 bridgehead atoms. The average molecular weight is 478 g/mol. The van der Waals surface area contributed by atoms with E-state index in [4.69, 9.17) is 14.2 Å². The van der Waals surface area contributed by atoms with E-state index < -0.39 is 23.5 Å². The highest BCUT2D eigenvalue weighted by molar-refractivity contribution is 5.77. The Morgan fingerprint density at radius 1 is 0.824 bits per heavy atom. The summed E-state index contributed by atoms with van der Waals surface area (Å²) in [4.78, 5) is 37.4. The van der Waals surface area contributed by atoms with Gasteiger partial charge in [0.15, 0.2) is 11.5 Å². The van der Waals surface area contributed by atoms with Crippen LogP contribution < -0.4 is 14.8 Å². The van der Waals surface area contributed by atoms with Crippen LogP contribution in [0, 0.1) is 17.3 Å². The molecule has 1 aromatic carbocycles. The first-order valence-electron chi connectivity index (χ1n) is 12.0. The van der Waals surface area contributed by atoms with Gasteiger partial charge in [-0.1, -0.05) is 33.8 Å². The molecule has 1 atom stereocenters. The average Bonchev–Trinajstić information content (AvgIpc) is 2.63. The van der Waals surface area contributed by atoms with Crippen LogP contribution in [0.3, 0.4) is 0 Å². The van der Waals surface area contributed by atoms with Crippen LogP contribution in [-0.2, 0) is 19.1 Å². The van der Waals surface area contributed by atoms with E-state index in [1.165, 1.54) is 0 Å². The molecule has 0 spiro atoms. The van der Waals surface area contributed by atoms with Crippen molar-refractivity contribution >= 4 is 17.9 Å². The fourth-order valence-corrected chi connectivity index (χ4v) is 2.82. The van der Waals surface area contributed by atoms with Gasteiger partial charge in [0.2, 0.25) is 0 Å². The Labute approximate surface area is 204 Å². The summed E-state index contributed by atoms with van der Waals surface area (Å²) >= 11 is 0. The van der Waals surface area contributed by atoms with Gasteiger partial charge in [-0.05, 0) is 71.1 Å². The van der Waals surface area contributed by atoms with E-state index in [0.717, 1.165) is 0 Å². The minimum Gasteiger partial charge on any atom is -0.456 e. The molecule has 0 aliphatic carbocycles. The van der Waals surface area contributed by atoms with Crippen LogP contribution in [0.1, 0.15) is 93.7 Å². The van der Waals surface area contributed by atoms with Gasteiger partial charge in [-0.25, -0.2) is 0 Å². The van der Waals surface area contributed by atoms with E-state index in [0.29, 0.717) is 12.1 Å². The Morgan fingerprint density at radius 3 is 1.76 bits per heavy atom. The van der Waals surface area contributed by atoms with Crippen LogP contribution in [0.5, 0.6) is 11.5 Å². The number of nitrogens with one attached hydrogen (secondary N) is 1. The normalized spacial score (nSPS) is 13.1. The SMILES string of the molecule is CC(C)CC(=O)Oc1ccc(C(CNC(C)(C)C)OC(=O)C(C)(C)C)cc1OC(=O)CC(C)C. The zero-order valence-electron chi connectivity index (χ0n) is 22.5. The van der Waals surface area contributed by atoms with Crippen molar-refractivity contribution in [2.75, 3.05) is 6.54 Å². The van der Waals surface area contributed by atoms with Gasteiger partial charge in [0, 0.05) is 24.9 Å². The lowest BCUT2D eigenvalue weighted by molar-refractivity contribution is -0.159. The first-order chi connectivity index (χ1) is 15.5. The highest BCUT2D eigenvalue weighted by Crippen LogP contribution is 2.34. The van der Waals surface area contributed by atoms with E-state index in [2.05, 4.69) is 5.32 Å². The van der Waals surface area contributed by atoms with Gasteiger partial charge in [0.1, 0.15) is 6.10 Å². The number of hydrogen-bond donors (Lipinski definition) is 1. The number of rotatable bonds is 10. The maximum absolute atomic E-state index is 12.7. The van der Waals surface area contributed by atoms with Crippen LogP contribution in [-0.4, -0.2) is 30.0 Å². The second kappa shape index (κ2) is 12.3. The highest BCUT2D eigenvalue weighted by atomic mass is 16.6. The molecule has 0 saturated carbocycles. The molecule has 0 heterocycles. The lowest BCUT2D eigenvalue weighted by Crippen LogP contribution is -2.40. The quantitative estimate of drug-likeness (QED) is 0.346. The number of esters is 3. The predicted molar refractivity (Wildman–Crippen MR) is 133 cm³/mol. The monoisotopic (exact) mass is 477 g/mol. The summed E-state index contributed by atoms with van der Waals surface area (Å²) in [6, 6.07) is 4.92. The minimum absolute atomic E-state index is 0.110. The summed E-state index contributed by atoms with van der Waals surface area (Å²) < 4.78 is 16.9. The van der Waals surface area contributed by atoms with Crippen LogP contribution >= 0.6 is 0 Å². The lowest BCUT2D eigenvalue weighted by atomic mass is 9.97. The molecule has 1 aromatic rings. The molecule has 7 heteroatoms. The third kappa shape index (κ3) is 11.1. The lowest BCUT2D eigenvalue weighted by Gasteiger charge is -2.28. The zero-order valence-corrected chi connectivity index (χ0v) is 22.5. The van der Waals surface area contributed by atoms with Crippen molar-refractivity contribution in [3.63, 3.8) is 0 Å². The summed E-state index contributed by atoms with van der Waals surface area (Å²) in [5.41, 5.74) is -0.255. The van der Waals surface area contributed by atoms with E-state index in [-0.39, 0.29) is 47.7 Å². The highest BCUT2D eigenvalue weighted by Gasteiger charge is 2.29. The van der Waals surface area contributed by atoms with E-state index >= 15 is 0 Å². The van der Waals surface area contributed by atoms with Gasteiger partial charge in [0.05, 0.1) is 5.41 Å². The zero-order chi connectivity index (χ0) is 26.3. The van der Waals surface area contributed by atoms with E-state index in [9.17, 15) is 14.4 Å². The Bertz CT molecular complexity index is 846. The van der Waals surface area contributed by atoms with Crippen LogP contribution in [0.15, 0.2) is 18.2 Å². The Balaban J connectivity index is 3.35. The van der Waals surface area contributed by atoms with Crippen molar-refractivity contribution in [1.29, 1.82) is 0 Å². The Kier molecular flexibility index (Phi) is 10.8. The molecular weight excluding hydrogens is 434 g/mol. The van der Waals surface area contributed by atoms with Gasteiger partial charge >= 0.3 is 17.9 Å². The molecule has 192 valence electrons. The number of carbonyl (C=O) groups is 3. The number of ether oxygens (including phenoxy) is 3. The van der Waals surface area contributed by atoms with Crippen LogP contribution in [0.2, 0.25) is 0 Å². The maximum Gasteiger partial charge on any atom is 0.311 e. The Morgan fingerprint density at radius 2 is 1.32 bits per heavy atom. The van der Waals surface area contributed by atoms with Crippen molar-refractivity contribution in [1.82, 2.24) is 5.32 Å². The van der Waals surface area contributed by atoms with E-state index in [1.807, 2.05) is 48.5 Å². The fraction of sp³-hybridized carbons (Fsp3) is 0.667. The molecule has 0 aromatic heterocycles. The van der Waals surface area contributed by atoms with Crippen LogP contribution in [0.4, 0.5) is 0 Å². The van der Waals surface area contributed by atoms with Crippen molar-refractivity contribution in [3.8, 4) is 11.5 Å². The molecular formula is C27H43NO6. The summed E-state index contributed by atoms with van der Waals surface area (Å²) in [6.45, 7) is 19.5. The van der Waals surface area contributed by atoms with Crippen molar-refractivity contribution in [3.05, 3.63) is 23.8 Å². The standard InChI is InChI=1S/C27H43NO6/c1-17(2)13-23(29)32-20-12-11-19(15-21(20)33-24(30)14-18(3)4)22(16-28-27(8,9)10)34-25(31)26(5,6)7/h11-12,15,17-18,22,28H,13-14,16H2,1-10H3. The number of benzene rings is 1. The van der Waals surface area contributed by atoms with Crippen molar-refractivity contribution < 1.29 is 28.6 Å². The molecule has 0 radical (unpaired) electrons. The molecule has 0 aliphatic heterocycles. The summed E-state index contributed by atoms with van der Waals surface area (Å²) in [5, 5.41) is 3.36. The molecule has 0 fully saturated rings. The number of carbonyl (C=O) groups excluding carboxylic acids is 3. The summed E-state index contributed by atoms with van der Waals surface area (Å²) in [6.07, 6.45) is -0.172. The second-order valence-electron chi connectivity index (χ2n) is 11.6. The minimum atomic E-state index is -0.682. The second-order valence-corrected chi connectivity index (χ2v) is 11.6. The third-order valence-corrected chi connectivity index (χ3v) is 4.62. The smallest absolute Gasteiger partial charge is 0.311 e. The maximum atomic E-state index is 12.7. The molecule has 1 rings (SSSR count). The van der Waals surface area contributed by atoms with Gasteiger partial charge in [-0.15, -0.1) is 0 Å². The molecule has 0 saturated heterocycles. The molecule has 1 N–H and O–H groups in total. The van der Waals surface area contributed by atoms with Gasteiger partial charge in [-0.3, -0.25) is 14.4 Å². The first kappa shape index (κ1) is 29.6. The van der Waals surface area contributed by atoms with Gasteiger partial charge in [-0.2, -0.15) is 0 Å². The number of hydrogen-bond acceptors (Lipinski definition) is 7. The molecule has 0 aliphatic rings. The predicted octanol–water partition coefficient (Wildman–Crippen LogP) is 5.61. The molecule has 34 heavy (non-hydrogen) atoms. The topological polar surface area (TPSA) is 90.9 Å². The van der Waals surface area contributed by atoms with Crippen molar-refractivity contribution in [2.24, 2.45) is 17.3 Å². The van der Waals surface area contributed by atoms with Gasteiger partial charge in [0.25, 0.3) is 0 Å². The molecule has 7 nitrogen and oxygen atoms in total. The summed E-state index contributed by atoms with van der Waals surface area (Å²) in [5.74, 6) is -0.649. The molecule has 1 unspecified atom stereocenters. The summed E-state index contributed by atoms with van der Waals surface area (Å²) in [7, 11) is 0. The third-order valence-electron chi connectivity index (χ3n) is 4.62. The largest absolute Gasteiger partial charge is 0.456 e. The van der Waals surface area contributed by atoms with Gasteiger partial charge < -0.3 is 19.5 Å². The Hall–Kier alpha value is -2.41. The molecule has 0 amide bonds. The fourth-order valence-electron chi connectivity index (χ4n) is 2.82. The van der Waals surface area contributed by atoms with Crippen LogP contribution in [0.25, 0.3) is 0 Å². The van der Waals surface area contributed by atoms with E-state index in [1.54, 1.807) is 39.0 Å². The first-order valence-corrected chi connectivity index (χ1v) is 12.0. The van der Waals surface area contributed by atoms with Crippen molar-refractivity contribution in [2.45, 2.75) is 93.7 Å².